The minimum absolute atomic E-state index is 0. The third-order valence-corrected chi connectivity index (χ3v) is 5.15. The molecule has 0 spiro atoms. The standard InChI is InChI=1S/C21H21N5O3.CH5O4P.Na/c1-11-5-14(8-16(6-11)28-4)24-20-22-10-13(3)19(26-20)23-15-7-12(2)18-17(9-15)25-21(27)29-18;1-5-6(2,3)4;/h5-10H,1-4H3,(H3,22,23,24,25,26,27);1H3,(H2,2,3,4);/q;;+1/p-1. The summed E-state index contributed by atoms with van der Waals surface area (Å²) in [6.45, 7) is 5.77. The number of aromatic nitrogens is 3. The molecule has 2 aromatic carbocycles. The van der Waals surface area contributed by atoms with Gasteiger partial charge < -0.3 is 34.6 Å². The summed E-state index contributed by atoms with van der Waals surface area (Å²) in [7, 11) is -1.57. The zero-order valence-corrected chi connectivity index (χ0v) is 23.6. The molecule has 0 aliphatic heterocycles. The number of oxazole rings is 1. The van der Waals surface area contributed by atoms with Gasteiger partial charge in [-0.1, -0.05) is 5.52 Å². The molecule has 0 saturated heterocycles. The summed E-state index contributed by atoms with van der Waals surface area (Å²) < 4.78 is 23.5. The Kier molecular flexibility index (Phi) is 10.3. The first-order valence-corrected chi connectivity index (χ1v) is 11.7. The van der Waals surface area contributed by atoms with E-state index in [1.165, 1.54) is 0 Å². The van der Waals surface area contributed by atoms with Crippen molar-refractivity contribution < 1.29 is 57.6 Å². The largest absolute Gasteiger partial charge is 1.00 e. The topological polar surface area (TPSA) is 170 Å². The van der Waals surface area contributed by atoms with Gasteiger partial charge in [0.2, 0.25) is 11.7 Å². The number of benzene rings is 2. The fourth-order valence-corrected chi connectivity index (χ4v) is 3.08. The summed E-state index contributed by atoms with van der Waals surface area (Å²) in [4.78, 5) is 39.7. The molecule has 0 saturated carbocycles. The van der Waals surface area contributed by atoms with Crippen LogP contribution in [0, 0.1) is 20.8 Å². The Morgan fingerprint density at radius 1 is 1.00 bits per heavy atom. The monoisotopic (exact) mass is 525 g/mol. The average Bonchev–Trinajstić information content (AvgIpc) is 3.16. The van der Waals surface area contributed by atoms with Crippen LogP contribution in [-0.2, 0) is 9.09 Å². The van der Waals surface area contributed by atoms with Crippen molar-refractivity contribution in [3.05, 3.63) is 63.8 Å². The molecule has 12 nitrogen and oxygen atoms in total. The van der Waals surface area contributed by atoms with Crippen LogP contribution in [0.25, 0.3) is 11.1 Å². The van der Waals surface area contributed by atoms with E-state index in [0.29, 0.717) is 22.9 Å². The van der Waals surface area contributed by atoms with Crippen molar-refractivity contribution in [3.63, 3.8) is 0 Å². The van der Waals surface area contributed by atoms with Gasteiger partial charge in [-0.05, 0) is 56.2 Å². The van der Waals surface area contributed by atoms with Crippen LogP contribution in [0.1, 0.15) is 16.7 Å². The fourth-order valence-electron chi connectivity index (χ4n) is 3.08. The van der Waals surface area contributed by atoms with Crippen LogP contribution in [0.5, 0.6) is 5.75 Å². The molecule has 0 unspecified atom stereocenters. The van der Waals surface area contributed by atoms with E-state index in [1.807, 2.05) is 45.0 Å². The van der Waals surface area contributed by atoms with Crippen LogP contribution >= 0.6 is 7.82 Å². The summed E-state index contributed by atoms with van der Waals surface area (Å²) in [6, 6.07) is 9.46. The predicted molar refractivity (Wildman–Crippen MR) is 131 cm³/mol. The molecule has 2 aromatic heterocycles. The van der Waals surface area contributed by atoms with Gasteiger partial charge in [0, 0.05) is 36.3 Å². The van der Waals surface area contributed by atoms with Gasteiger partial charge in [0.15, 0.2) is 0 Å². The Morgan fingerprint density at radius 3 is 2.31 bits per heavy atom. The summed E-state index contributed by atoms with van der Waals surface area (Å²) in [5.74, 6) is 1.25. The van der Waals surface area contributed by atoms with Crippen LogP contribution in [0.3, 0.4) is 0 Å². The van der Waals surface area contributed by atoms with Gasteiger partial charge in [0.1, 0.15) is 17.2 Å². The van der Waals surface area contributed by atoms with E-state index in [9.17, 15) is 9.36 Å². The number of ether oxygens (including phenoxy) is 1. The Bertz CT molecular complexity index is 1450. The summed E-state index contributed by atoms with van der Waals surface area (Å²) >= 11 is 0. The quantitative estimate of drug-likeness (QED) is 0.205. The van der Waals surface area contributed by atoms with E-state index >= 15 is 0 Å². The van der Waals surface area contributed by atoms with Crippen molar-refractivity contribution in [2.75, 3.05) is 24.9 Å². The smallest absolute Gasteiger partial charge is 0.587 e. The van der Waals surface area contributed by atoms with Crippen molar-refractivity contribution in [3.8, 4) is 5.75 Å². The Labute approximate surface area is 229 Å². The maximum atomic E-state index is 11.4. The van der Waals surface area contributed by atoms with E-state index in [2.05, 4.69) is 30.1 Å². The van der Waals surface area contributed by atoms with Crippen LogP contribution in [0.2, 0.25) is 0 Å². The van der Waals surface area contributed by atoms with Crippen molar-refractivity contribution in [2.45, 2.75) is 20.8 Å². The summed E-state index contributed by atoms with van der Waals surface area (Å²) in [5.41, 5.74) is 5.35. The van der Waals surface area contributed by atoms with Gasteiger partial charge in [0.05, 0.1) is 7.11 Å². The first-order valence-electron chi connectivity index (χ1n) is 10.2. The van der Waals surface area contributed by atoms with Crippen LogP contribution in [0.4, 0.5) is 23.1 Å². The number of nitrogens with one attached hydrogen (secondary N) is 2. The maximum absolute atomic E-state index is 11.4. The second-order valence-corrected chi connectivity index (χ2v) is 8.85. The number of rotatable bonds is 6. The Balaban J connectivity index is 0.000000584. The molecule has 4 aromatic rings. The first-order chi connectivity index (χ1) is 16.5. The number of anilines is 4. The average molecular weight is 525 g/mol. The number of nitrogens with zero attached hydrogens (tertiary/aromatic N) is 3. The van der Waals surface area contributed by atoms with E-state index in [1.54, 1.807) is 19.4 Å². The fraction of sp³-hybridized carbons (Fsp3) is 0.227. The van der Waals surface area contributed by atoms with E-state index < -0.39 is 13.6 Å². The normalized spacial score (nSPS) is 10.8. The molecule has 0 amide bonds. The number of fused-ring (bicyclic) bond motifs is 1. The SMILES string of the molecule is COP(=O)(O)O.COc1cc(C)cc(Nc2ncc(C)c(Nc3cc(C)c4oc(=O)[n-]c4c3)n2)c1.[Na+]. The maximum Gasteiger partial charge on any atom is 1.00 e. The predicted octanol–water partition coefficient (Wildman–Crippen LogP) is 0.691. The molecule has 0 bridgehead atoms. The molecule has 4 rings (SSSR count). The first kappa shape index (κ1) is 29.5. The molecular formula is C22H25N5NaO7P. The van der Waals surface area contributed by atoms with Crippen molar-refractivity contribution in [2.24, 2.45) is 0 Å². The van der Waals surface area contributed by atoms with Crippen molar-refractivity contribution in [1.82, 2.24) is 15.0 Å². The third-order valence-electron chi connectivity index (χ3n) is 4.67. The van der Waals surface area contributed by atoms with Gasteiger partial charge >= 0.3 is 37.4 Å². The van der Waals surface area contributed by atoms with Crippen LogP contribution in [-0.4, -0.2) is 34.0 Å². The van der Waals surface area contributed by atoms with Gasteiger partial charge in [-0.3, -0.25) is 9.32 Å². The second-order valence-electron chi connectivity index (χ2n) is 7.51. The molecule has 0 aliphatic carbocycles. The molecule has 36 heavy (non-hydrogen) atoms. The number of phosphoric ester groups is 1. The van der Waals surface area contributed by atoms with Gasteiger partial charge in [-0.25, -0.2) is 9.55 Å². The van der Waals surface area contributed by atoms with Gasteiger partial charge in [-0.15, -0.1) is 0 Å². The van der Waals surface area contributed by atoms with Crippen molar-refractivity contribution >= 4 is 42.1 Å². The number of hydrogen-bond donors (Lipinski definition) is 4. The molecule has 0 aliphatic rings. The Morgan fingerprint density at radius 2 is 1.67 bits per heavy atom. The number of aryl methyl sites for hydroxylation is 3. The van der Waals surface area contributed by atoms with Crippen LogP contribution < -0.4 is 55.7 Å². The minimum Gasteiger partial charge on any atom is -0.587 e. The molecular weight excluding hydrogens is 500 g/mol. The van der Waals surface area contributed by atoms with Crippen molar-refractivity contribution in [1.29, 1.82) is 0 Å². The molecule has 0 fully saturated rings. The van der Waals surface area contributed by atoms with Crippen LogP contribution in [0.15, 0.2) is 45.7 Å². The molecule has 14 heteroatoms. The number of phosphoric acid groups is 1. The molecule has 186 valence electrons. The summed E-state index contributed by atoms with van der Waals surface area (Å²) in [6.07, 6.45) is 1.74. The zero-order valence-electron chi connectivity index (χ0n) is 20.7. The zero-order chi connectivity index (χ0) is 25.8. The molecule has 0 atom stereocenters. The van der Waals surface area contributed by atoms with Gasteiger partial charge in [-0.2, -0.15) is 4.98 Å². The minimum atomic E-state index is -4.15. The number of methoxy groups -OCH3 is 1. The third kappa shape index (κ3) is 8.17. The summed E-state index contributed by atoms with van der Waals surface area (Å²) in [5, 5.41) is 6.48. The van der Waals surface area contributed by atoms with E-state index in [0.717, 1.165) is 40.9 Å². The number of hydrogen-bond acceptors (Lipinski definition) is 9. The molecule has 4 N–H and O–H groups in total. The molecule has 0 radical (unpaired) electrons. The second kappa shape index (κ2) is 12.5. The van der Waals surface area contributed by atoms with Gasteiger partial charge in [0.25, 0.3) is 0 Å². The van der Waals surface area contributed by atoms with E-state index in [-0.39, 0.29) is 29.6 Å². The Hall–Kier alpha value is -2.70. The molecule has 2 heterocycles. The van der Waals surface area contributed by atoms with E-state index in [4.69, 9.17) is 18.9 Å².